The summed E-state index contributed by atoms with van der Waals surface area (Å²) in [5.41, 5.74) is 7.03. The number of halogens is 4. The molecule has 1 atom stereocenters. The second-order valence-corrected chi connectivity index (χ2v) is 6.19. The zero-order valence-corrected chi connectivity index (χ0v) is 12.8. The van der Waals surface area contributed by atoms with Crippen molar-refractivity contribution < 1.29 is 13.2 Å². The van der Waals surface area contributed by atoms with Gasteiger partial charge in [-0.3, -0.25) is 4.68 Å². The van der Waals surface area contributed by atoms with Crippen LogP contribution in [0.25, 0.3) is 0 Å². The number of rotatable bonds is 4. The average molecular weight is 324 g/mol. The number of alkyl halides is 3. The molecule has 0 saturated heterocycles. The Morgan fingerprint density at radius 3 is 2.52 bits per heavy atom. The van der Waals surface area contributed by atoms with E-state index in [4.69, 9.17) is 17.3 Å². The lowest BCUT2D eigenvalue weighted by Gasteiger charge is -2.33. The topological polar surface area (TPSA) is 43.8 Å². The molecule has 0 aromatic carbocycles. The highest BCUT2D eigenvalue weighted by molar-refractivity contribution is 6.31. The molecule has 1 aromatic rings. The maximum atomic E-state index is 12.7. The number of aryl methyl sites for hydroxylation is 1. The van der Waals surface area contributed by atoms with Crippen LogP contribution in [0.3, 0.4) is 0 Å². The quantitative estimate of drug-likeness (QED) is 0.897. The van der Waals surface area contributed by atoms with Crippen LogP contribution in [0.5, 0.6) is 0 Å². The highest BCUT2D eigenvalue weighted by Gasteiger charge is 2.42. The van der Waals surface area contributed by atoms with Gasteiger partial charge < -0.3 is 5.73 Å². The summed E-state index contributed by atoms with van der Waals surface area (Å²) in [7, 11) is 0. The van der Waals surface area contributed by atoms with Gasteiger partial charge in [0, 0.05) is 6.54 Å². The molecule has 7 heteroatoms. The minimum absolute atomic E-state index is 0.0356. The number of hydrogen-bond acceptors (Lipinski definition) is 2. The third kappa shape index (κ3) is 3.72. The molecule has 1 saturated carbocycles. The smallest absolute Gasteiger partial charge is 0.322 e. The molecule has 1 unspecified atom stereocenters. The molecule has 1 aliphatic rings. The normalized spacial score (nSPS) is 25.0. The third-order valence-corrected chi connectivity index (χ3v) is 4.62. The van der Waals surface area contributed by atoms with Crippen LogP contribution in [-0.2, 0) is 6.54 Å². The van der Waals surface area contributed by atoms with E-state index < -0.39 is 12.1 Å². The number of nitrogens with zero attached hydrogens (tertiary/aromatic N) is 2. The highest BCUT2D eigenvalue weighted by Crippen LogP contribution is 2.43. The van der Waals surface area contributed by atoms with Crippen LogP contribution in [0, 0.1) is 11.8 Å². The molecule has 0 bridgehead atoms. The molecule has 1 aromatic heterocycles. The van der Waals surface area contributed by atoms with Crippen molar-refractivity contribution in [3.05, 3.63) is 16.9 Å². The van der Waals surface area contributed by atoms with E-state index in [2.05, 4.69) is 5.10 Å². The Labute approximate surface area is 127 Å². The van der Waals surface area contributed by atoms with Crippen LogP contribution < -0.4 is 5.73 Å². The van der Waals surface area contributed by atoms with E-state index >= 15 is 0 Å². The molecule has 1 fully saturated rings. The van der Waals surface area contributed by atoms with E-state index in [1.807, 2.05) is 6.92 Å². The van der Waals surface area contributed by atoms with Gasteiger partial charge in [0.2, 0.25) is 0 Å². The largest absolute Gasteiger partial charge is 0.391 e. The Kier molecular flexibility index (Phi) is 5.20. The lowest BCUT2D eigenvalue weighted by atomic mass is 9.77. The summed E-state index contributed by atoms with van der Waals surface area (Å²) in [5.74, 6) is -1.15. The lowest BCUT2D eigenvalue weighted by Crippen LogP contribution is -2.33. The summed E-state index contributed by atoms with van der Waals surface area (Å²) < 4.78 is 39.9. The van der Waals surface area contributed by atoms with Gasteiger partial charge in [-0.05, 0) is 38.0 Å². The summed E-state index contributed by atoms with van der Waals surface area (Å²) >= 11 is 6.15. The van der Waals surface area contributed by atoms with Crippen molar-refractivity contribution in [2.24, 2.45) is 17.6 Å². The molecular formula is C14H21ClF3N3. The molecule has 1 aliphatic carbocycles. The fourth-order valence-corrected chi connectivity index (χ4v) is 3.39. The summed E-state index contributed by atoms with van der Waals surface area (Å²) in [6.07, 6.45) is -0.344. The Balaban J connectivity index is 2.05. The molecule has 1 heterocycles. The van der Waals surface area contributed by atoms with Gasteiger partial charge in [-0.15, -0.1) is 0 Å². The zero-order valence-electron chi connectivity index (χ0n) is 12.0. The van der Waals surface area contributed by atoms with Crippen molar-refractivity contribution >= 4 is 11.6 Å². The van der Waals surface area contributed by atoms with Crippen molar-refractivity contribution in [1.82, 2.24) is 9.78 Å². The Hall–Kier alpha value is -0.750. The Morgan fingerprint density at radius 1 is 1.38 bits per heavy atom. The maximum Gasteiger partial charge on any atom is 0.391 e. The van der Waals surface area contributed by atoms with Crippen LogP contribution >= 0.6 is 11.6 Å². The number of nitrogens with two attached hydrogens (primary N) is 1. The summed E-state index contributed by atoms with van der Waals surface area (Å²) in [4.78, 5) is 0. The SMILES string of the molecule is CCCn1ncc(Cl)c1C(N)C1CCC(C(F)(F)F)CC1. The second kappa shape index (κ2) is 6.57. The first kappa shape index (κ1) is 16.6. The Bertz CT molecular complexity index is 465. The van der Waals surface area contributed by atoms with Gasteiger partial charge in [0.05, 0.1) is 28.9 Å². The van der Waals surface area contributed by atoms with Crippen LogP contribution in [-0.4, -0.2) is 16.0 Å². The minimum atomic E-state index is -4.09. The number of aromatic nitrogens is 2. The summed E-state index contributed by atoms with van der Waals surface area (Å²) in [6, 6.07) is -0.347. The molecule has 0 aliphatic heterocycles. The predicted octanol–water partition coefficient (Wildman–Crippen LogP) is 4.32. The van der Waals surface area contributed by atoms with E-state index in [1.165, 1.54) is 0 Å². The minimum Gasteiger partial charge on any atom is -0.322 e. The van der Waals surface area contributed by atoms with Crippen molar-refractivity contribution in [2.75, 3.05) is 0 Å². The van der Waals surface area contributed by atoms with Crippen LogP contribution in [0.4, 0.5) is 13.2 Å². The third-order valence-electron chi connectivity index (χ3n) is 4.33. The van der Waals surface area contributed by atoms with Gasteiger partial charge in [0.1, 0.15) is 0 Å². The molecule has 0 amide bonds. The maximum absolute atomic E-state index is 12.7. The van der Waals surface area contributed by atoms with Gasteiger partial charge in [-0.25, -0.2) is 0 Å². The van der Waals surface area contributed by atoms with Gasteiger partial charge in [-0.2, -0.15) is 18.3 Å². The van der Waals surface area contributed by atoms with Gasteiger partial charge in [0.15, 0.2) is 0 Å². The first-order valence-corrected chi connectivity index (χ1v) is 7.75. The molecule has 3 nitrogen and oxygen atoms in total. The molecule has 2 N–H and O–H groups in total. The first-order chi connectivity index (χ1) is 9.84. The molecule has 21 heavy (non-hydrogen) atoms. The van der Waals surface area contributed by atoms with Crippen molar-refractivity contribution in [1.29, 1.82) is 0 Å². The highest BCUT2D eigenvalue weighted by atomic mass is 35.5. The van der Waals surface area contributed by atoms with Gasteiger partial charge >= 0.3 is 6.18 Å². The van der Waals surface area contributed by atoms with E-state index in [0.717, 1.165) is 12.1 Å². The first-order valence-electron chi connectivity index (χ1n) is 7.38. The summed E-state index contributed by atoms with van der Waals surface area (Å²) in [6.45, 7) is 2.74. The van der Waals surface area contributed by atoms with Crippen LogP contribution in [0.15, 0.2) is 6.20 Å². The van der Waals surface area contributed by atoms with Crippen molar-refractivity contribution in [3.8, 4) is 0 Å². The average Bonchev–Trinajstić information content (AvgIpc) is 2.79. The number of hydrogen-bond donors (Lipinski definition) is 1. The Morgan fingerprint density at radius 2 is 2.00 bits per heavy atom. The monoisotopic (exact) mass is 323 g/mol. The zero-order chi connectivity index (χ0) is 15.6. The molecule has 2 rings (SSSR count). The van der Waals surface area contributed by atoms with Crippen LogP contribution in [0.2, 0.25) is 5.02 Å². The second-order valence-electron chi connectivity index (χ2n) is 5.78. The van der Waals surface area contributed by atoms with Crippen molar-refractivity contribution in [3.63, 3.8) is 0 Å². The molecular weight excluding hydrogens is 303 g/mol. The standard InChI is InChI=1S/C14H21ClF3N3/c1-2-7-21-13(11(15)8-20-21)12(19)9-3-5-10(6-4-9)14(16,17)18/h8-10,12H,2-7,19H2,1H3. The van der Waals surface area contributed by atoms with E-state index in [1.54, 1.807) is 10.9 Å². The van der Waals surface area contributed by atoms with Gasteiger partial charge in [0.25, 0.3) is 0 Å². The molecule has 0 spiro atoms. The lowest BCUT2D eigenvalue weighted by molar-refractivity contribution is -0.184. The fraction of sp³-hybridized carbons (Fsp3) is 0.786. The molecule has 120 valence electrons. The predicted molar refractivity (Wildman–Crippen MR) is 76.0 cm³/mol. The fourth-order valence-electron chi connectivity index (χ4n) is 3.12. The van der Waals surface area contributed by atoms with Crippen molar-refractivity contribution in [2.45, 2.75) is 57.8 Å². The van der Waals surface area contributed by atoms with E-state index in [-0.39, 0.29) is 24.8 Å². The van der Waals surface area contributed by atoms with E-state index in [0.29, 0.717) is 24.4 Å². The summed E-state index contributed by atoms with van der Waals surface area (Å²) in [5, 5.41) is 4.71. The van der Waals surface area contributed by atoms with Gasteiger partial charge in [-0.1, -0.05) is 18.5 Å². The van der Waals surface area contributed by atoms with Crippen LogP contribution in [0.1, 0.15) is 50.8 Å². The van der Waals surface area contributed by atoms with E-state index in [9.17, 15) is 13.2 Å². The molecule has 0 radical (unpaired) electrons.